The summed E-state index contributed by atoms with van der Waals surface area (Å²) in [6, 6.07) is 9.80. The summed E-state index contributed by atoms with van der Waals surface area (Å²) in [5, 5.41) is 1.55. The minimum Gasteiger partial charge on any atom is -0.298 e. The van der Waals surface area contributed by atoms with Crippen LogP contribution in [0.1, 0.15) is 17.4 Å². The molecule has 2 aromatic heterocycles. The van der Waals surface area contributed by atoms with Crippen LogP contribution in [0.3, 0.4) is 0 Å². The zero-order chi connectivity index (χ0) is 18.1. The SMILES string of the molecule is C=CCSc1nc2sc3c(c2c(=O)n1-c1ccccc1)CCN(CC)C3. The highest BCUT2D eigenvalue weighted by molar-refractivity contribution is 7.99. The van der Waals surface area contributed by atoms with Crippen molar-refractivity contribution < 1.29 is 0 Å². The van der Waals surface area contributed by atoms with Crippen LogP contribution in [-0.4, -0.2) is 33.3 Å². The van der Waals surface area contributed by atoms with Gasteiger partial charge in [-0.2, -0.15) is 0 Å². The lowest BCUT2D eigenvalue weighted by molar-refractivity contribution is 0.272. The Morgan fingerprint density at radius 3 is 2.88 bits per heavy atom. The number of thiophene rings is 1. The average Bonchev–Trinajstić information content (AvgIpc) is 3.04. The maximum Gasteiger partial charge on any atom is 0.267 e. The predicted molar refractivity (Wildman–Crippen MR) is 111 cm³/mol. The number of benzene rings is 1. The summed E-state index contributed by atoms with van der Waals surface area (Å²) in [4.78, 5) is 22.9. The van der Waals surface area contributed by atoms with Gasteiger partial charge in [0.15, 0.2) is 5.16 Å². The first-order valence-electron chi connectivity index (χ1n) is 8.81. The topological polar surface area (TPSA) is 38.1 Å². The van der Waals surface area contributed by atoms with E-state index in [-0.39, 0.29) is 5.56 Å². The Bertz CT molecular complexity index is 1010. The summed E-state index contributed by atoms with van der Waals surface area (Å²) in [6.45, 7) is 8.95. The van der Waals surface area contributed by atoms with Crippen molar-refractivity contribution in [1.82, 2.24) is 14.5 Å². The molecule has 0 amide bonds. The molecule has 6 heteroatoms. The van der Waals surface area contributed by atoms with Crippen LogP contribution in [0.2, 0.25) is 0 Å². The molecule has 0 saturated carbocycles. The Hall–Kier alpha value is -1.89. The number of likely N-dealkylation sites (N-methyl/N-ethyl adjacent to an activating group) is 1. The van der Waals surface area contributed by atoms with Crippen molar-refractivity contribution in [2.75, 3.05) is 18.8 Å². The van der Waals surface area contributed by atoms with E-state index < -0.39 is 0 Å². The Morgan fingerprint density at radius 2 is 2.15 bits per heavy atom. The molecule has 0 aliphatic carbocycles. The molecule has 134 valence electrons. The van der Waals surface area contributed by atoms with Gasteiger partial charge in [0, 0.05) is 23.7 Å². The van der Waals surface area contributed by atoms with Gasteiger partial charge in [-0.3, -0.25) is 14.3 Å². The van der Waals surface area contributed by atoms with Crippen molar-refractivity contribution in [1.29, 1.82) is 0 Å². The molecule has 0 unspecified atom stereocenters. The van der Waals surface area contributed by atoms with Crippen LogP contribution < -0.4 is 5.56 Å². The number of fused-ring (bicyclic) bond motifs is 3. The van der Waals surface area contributed by atoms with Crippen LogP contribution >= 0.6 is 23.1 Å². The molecule has 3 aromatic rings. The third kappa shape index (κ3) is 3.02. The van der Waals surface area contributed by atoms with Gasteiger partial charge in [-0.05, 0) is 30.7 Å². The van der Waals surface area contributed by atoms with Gasteiger partial charge in [0.25, 0.3) is 5.56 Å². The van der Waals surface area contributed by atoms with E-state index in [0.29, 0.717) is 0 Å². The van der Waals surface area contributed by atoms with Crippen LogP contribution in [0.25, 0.3) is 15.9 Å². The van der Waals surface area contributed by atoms with E-state index in [1.807, 2.05) is 36.4 Å². The van der Waals surface area contributed by atoms with Gasteiger partial charge < -0.3 is 0 Å². The van der Waals surface area contributed by atoms with E-state index in [1.54, 1.807) is 27.7 Å². The lowest BCUT2D eigenvalue weighted by Gasteiger charge is -2.25. The summed E-state index contributed by atoms with van der Waals surface area (Å²) >= 11 is 3.23. The summed E-state index contributed by atoms with van der Waals surface area (Å²) < 4.78 is 1.76. The molecule has 26 heavy (non-hydrogen) atoms. The number of hydrogen-bond acceptors (Lipinski definition) is 5. The number of hydrogen-bond donors (Lipinski definition) is 0. The minimum atomic E-state index is 0.0511. The first kappa shape index (κ1) is 17.5. The minimum absolute atomic E-state index is 0.0511. The lowest BCUT2D eigenvalue weighted by atomic mass is 10.1. The second-order valence-electron chi connectivity index (χ2n) is 6.27. The van der Waals surface area contributed by atoms with Crippen molar-refractivity contribution in [3.8, 4) is 5.69 Å². The Balaban J connectivity index is 1.95. The fourth-order valence-corrected chi connectivity index (χ4v) is 5.43. The smallest absolute Gasteiger partial charge is 0.267 e. The van der Waals surface area contributed by atoms with E-state index in [9.17, 15) is 4.79 Å². The van der Waals surface area contributed by atoms with Gasteiger partial charge in [-0.25, -0.2) is 4.98 Å². The quantitative estimate of drug-likeness (QED) is 0.378. The predicted octanol–water partition coefficient (Wildman–Crippen LogP) is 4.10. The number of nitrogens with zero attached hydrogens (tertiary/aromatic N) is 3. The molecule has 0 N–H and O–H groups in total. The molecule has 0 bridgehead atoms. The largest absolute Gasteiger partial charge is 0.298 e. The summed E-state index contributed by atoms with van der Waals surface area (Å²) in [5.74, 6) is 0.722. The van der Waals surface area contributed by atoms with E-state index in [0.717, 1.165) is 52.9 Å². The standard InChI is InChI=1S/C20H21N3OS2/c1-3-12-25-20-21-18-17(15-10-11-22(4-2)13-16(15)26-18)19(24)23(20)14-8-6-5-7-9-14/h3,5-9H,1,4,10-13H2,2H3. The van der Waals surface area contributed by atoms with E-state index >= 15 is 0 Å². The van der Waals surface area contributed by atoms with Crippen LogP contribution in [0.4, 0.5) is 0 Å². The first-order valence-corrected chi connectivity index (χ1v) is 10.6. The Kier molecular flexibility index (Phi) is 4.98. The first-order chi connectivity index (χ1) is 12.7. The molecule has 0 saturated heterocycles. The molecular formula is C20H21N3OS2. The summed E-state index contributed by atoms with van der Waals surface area (Å²) in [6.07, 6.45) is 2.77. The molecule has 3 heterocycles. The highest BCUT2D eigenvalue weighted by Gasteiger charge is 2.24. The van der Waals surface area contributed by atoms with Crippen LogP contribution in [0.5, 0.6) is 0 Å². The van der Waals surface area contributed by atoms with Gasteiger partial charge in [-0.15, -0.1) is 17.9 Å². The van der Waals surface area contributed by atoms with E-state index in [4.69, 9.17) is 4.98 Å². The normalized spacial score (nSPS) is 14.5. The number of rotatable bonds is 5. The van der Waals surface area contributed by atoms with Gasteiger partial charge >= 0.3 is 0 Å². The third-order valence-corrected chi connectivity index (χ3v) is 6.76. The van der Waals surface area contributed by atoms with Crippen molar-refractivity contribution in [3.05, 3.63) is 63.8 Å². The monoisotopic (exact) mass is 383 g/mol. The Morgan fingerprint density at radius 1 is 1.35 bits per heavy atom. The fourth-order valence-electron chi connectivity index (χ4n) is 3.38. The molecule has 0 spiro atoms. The zero-order valence-corrected chi connectivity index (χ0v) is 16.4. The van der Waals surface area contributed by atoms with Gasteiger partial charge in [0.1, 0.15) is 4.83 Å². The van der Waals surface area contributed by atoms with Crippen molar-refractivity contribution in [2.45, 2.75) is 25.0 Å². The molecule has 1 aromatic carbocycles. The van der Waals surface area contributed by atoms with Gasteiger partial charge in [-0.1, -0.05) is 43.0 Å². The Labute approximate surface area is 161 Å². The fraction of sp³-hybridized carbons (Fsp3) is 0.300. The van der Waals surface area contributed by atoms with Crippen LogP contribution in [0.15, 0.2) is 52.9 Å². The zero-order valence-electron chi connectivity index (χ0n) is 14.8. The molecular weight excluding hydrogens is 362 g/mol. The second-order valence-corrected chi connectivity index (χ2v) is 8.34. The molecule has 4 nitrogen and oxygen atoms in total. The molecule has 4 rings (SSSR count). The number of aromatic nitrogens is 2. The number of thioether (sulfide) groups is 1. The average molecular weight is 384 g/mol. The molecule has 0 fully saturated rings. The van der Waals surface area contributed by atoms with Crippen LogP contribution in [-0.2, 0) is 13.0 Å². The maximum atomic E-state index is 13.5. The highest BCUT2D eigenvalue weighted by Crippen LogP contribution is 2.34. The van der Waals surface area contributed by atoms with Gasteiger partial charge in [0.2, 0.25) is 0 Å². The highest BCUT2D eigenvalue weighted by atomic mass is 32.2. The second kappa shape index (κ2) is 7.39. The van der Waals surface area contributed by atoms with Crippen LogP contribution in [0, 0.1) is 0 Å². The maximum absolute atomic E-state index is 13.5. The third-order valence-electron chi connectivity index (χ3n) is 4.71. The molecule has 1 aliphatic heterocycles. The van der Waals surface area contributed by atoms with Crippen molar-refractivity contribution >= 4 is 33.3 Å². The van der Waals surface area contributed by atoms with Gasteiger partial charge in [0.05, 0.1) is 11.1 Å². The van der Waals surface area contributed by atoms with E-state index in [2.05, 4.69) is 18.4 Å². The number of para-hydroxylation sites is 1. The van der Waals surface area contributed by atoms with Crippen molar-refractivity contribution in [2.24, 2.45) is 0 Å². The summed E-state index contributed by atoms with van der Waals surface area (Å²) in [5.41, 5.74) is 2.12. The summed E-state index contributed by atoms with van der Waals surface area (Å²) in [7, 11) is 0. The van der Waals surface area contributed by atoms with Crippen molar-refractivity contribution in [3.63, 3.8) is 0 Å². The van der Waals surface area contributed by atoms with E-state index in [1.165, 1.54) is 10.4 Å². The molecule has 1 aliphatic rings. The lowest BCUT2D eigenvalue weighted by Crippen LogP contribution is -2.30. The molecule has 0 radical (unpaired) electrons. The molecule has 0 atom stereocenters.